The molecule has 0 amide bonds. The number of piperidine rings is 2. The highest BCUT2D eigenvalue weighted by Crippen LogP contribution is 2.25. The minimum absolute atomic E-state index is 0.520. The smallest absolute Gasteiger partial charge is 0.0601 e. The molecule has 1 saturated carbocycles. The molecular formula is C17H33N3O. The number of nitrogens with zero attached hydrogens (tertiary/aromatic N) is 2. The number of likely N-dealkylation sites (tertiary alicyclic amines) is 2. The quantitative estimate of drug-likeness (QED) is 0.833. The number of ether oxygens (including phenoxy) is 1. The lowest BCUT2D eigenvalue weighted by Gasteiger charge is -2.41. The van der Waals surface area contributed by atoms with Gasteiger partial charge in [0.25, 0.3) is 0 Å². The molecule has 3 rings (SSSR count). The highest BCUT2D eigenvalue weighted by Gasteiger charge is 2.31. The summed E-state index contributed by atoms with van der Waals surface area (Å²) in [5.41, 5.74) is 0. The van der Waals surface area contributed by atoms with Crippen LogP contribution in [0, 0.1) is 5.92 Å². The molecule has 0 unspecified atom stereocenters. The van der Waals surface area contributed by atoms with Crippen LogP contribution in [-0.4, -0.2) is 74.9 Å². The molecule has 0 aromatic carbocycles. The second kappa shape index (κ2) is 7.40. The first-order chi connectivity index (χ1) is 10.2. The average molecular weight is 295 g/mol. The number of hydrogen-bond donors (Lipinski definition) is 1. The van der Waals surface area contributed by atoms with E-state index in [1.165, 1.54) is 71.2 Å². The Kier molecular flexibility index (Phi) is 5.54. The standard InChI is InChI=1S/C17H33N3O/c1-19-7-3-14(4-8-19)13-20-9-5-15(6-10-20)18-16-11-17(12-16)21-2/h14-18H,3-13H2,1-2H3/t16-,17-. The average Bonchev–Trinajstić information content (AvgIpc) is 2.46. The predicted octanol–water partition coefficient (Wildman–Crippen LogP) is 1.56. The largest absolute Gasteiger partial charge is 0.381 e. The number of nitrogens with one attached hydrogen (secondary N) is 1. The molecule has 0 bridgehead atoms. The van der Waals surface area contributed by atoms with Gasteiger partial charge in [-0.15, -0.1) is 0 Å². The Bertz CT molecular complexity index is 303. The van der Waals surface area contributed by atoms with E-state index in [1.807, 2.05) is 7.11 Å². The highest BCUT2D eigenvalue weighted by atomic mass is 16.5. The van der Waals surface area contributed by atoms with E-state index in [1.54, 1.807) is 0 Å². The van der Waals surface area contributed by atoms with Gasteiger partial charge in [0, 0.05) is 25.7 Å². The first-order valence-corrected chi connectivity index (χ1v) is 8.92. The topological polar surface area (TPSA) is 27.7 Å². The van der Waals surface area contributed by atoms with E-state index in [0.717, 1.165) is 18.0 Å². The van der Waals surface area contributed by atoms with Crippen molar-refractivity contribution in [2.75, 3.05) is 46.9 Å². The first kappa shape index (κ1) is 15.7. The molecule has 4 nitrogen and oxygen atoms in total. The molecule has 2 aliphatic heterocycles. The van der Waals surface area contributed by atoms with Gasteiger partial charge < -0.3 is 19.9 Å². The van der Waals surface area contributed by atoms with Gasteiger partial charge in [-0.2, -0.15) is 0 Å². The zero-order valence-corrected chi connectivity index (χ0v) is 13.9. The molecule has 0 atom stereocenters. The van der Waals surface area contributed by atoms with E-state index >= 15 is 0 Å². The zero-order valence-electron chi connectivity index (χ0n) is 13.9. The fraction of sp³-hybridized carbons (Fsp3) is 1.00. The second-order valence-corrected chi connectivity index (χ2v) is 7.51. The van der Waals surface area contributed by atoms with Crippen LogP contribution in [-0.2, 0) is 4.74 Å². The fourth-order valence-electron chi connectivity index (χ4n) is 4.12. The van der Waals surface area contributed by atoms with Gasteiger partial charge in [-0.3, -0.25) is 0 Å². The van der Waals surface area contributed by atoms with Crippen LogP contribution in [0.15, 0.2) is 0 Å². The summed E-state index contributed by atoms with van der Waals surface area (Å²) in [4.78, 5) is 5.19. The van der Waals surface area contributed by atoms with E-state index < -0.39 is 0 Å². The van der Waals surface area contributed by atoms with Gasteiger partial charge in [0.1, 0.15) is 0 Å². The van der Waals surface area contributed by atoms with Crippen molar-refractivity contribution in [3.63, 3.8) is 0 Å². The van der Waals surface area contributed by atoms with E-state index in [0.29, 0.717) is 6.10 Å². The molecule has 0 aromatic rings. The maximum atomic E-state index is 5.36. The molecule has 21 heavy (non-hydrogen) atoms. The third-order valence-electron chi connectivity index (χ3n) is 5.84. The SMILES string of the molecule is CO[C@H]1C[C@H](NC2CCN(CC3CCN(C)CC3)CC2)C1. The van der Waals surface area contributed by atoms with E-state index in [4.69, 9.17) is 4.74 Å². The first-order valence-electron chi connectivity index (χ1n) is 8.92. The van der Waals surface area contributed by atoms with Crippen LogP contribution in [0.4, 0.5) is 0 Å². The Balaban J connectivity index is 1.30. The molecule has 3 aliphatic rings. The molecule has 3 fully saturated rings. The summed E-state index contributed by atoms with van der Waals surface area (Å²) in [5, 5.41) is 3.84. The van der Waals surface area contributed by atoms with E-state index in [-0.39, 0.29) is 0 Å². The molecular weight excluding hydrogens is 262 g/mol. The molecule has 4 heteroatoms. The maximum absolute atomic E-state index is 5.36. The lowest BCUT2D eigenvalue weighted by atomic mass is 9.87. The van der Waals surface area contributed by atoms with E-state index in [9.17, 15) is 0 Å². The molecule has 122 valence electrons. The number of rotatable bonds is 5. The lowest BCUT2D eigenvalue weighted by molar-refractivity contribution is 0.0109. The number of hydrogen-bond acceptors (Lipinski definition) is 4. The minimum atomic E-state index is 0.520. The summed E-state index contributed by atoms with van der Waals surface area (Å²) in [6.07, 6.45) is 8.41. The Hall–Kier alpha value is -0.160. The van der Waals surface area contributed by atoms with Gasteiger partial charge in [0.05, 0.1) is 6.10 Å². The van der Waals surface area contributed by atoms with Crippen molar-refractivity contribution in [1.29, 1.82) is 0 Å². The van der Waals surface area contributed by atoms with Crippen LogP contribution < -0.4 is 5.32 Å². The Morgan fingerprint density at radius 1 is 0.952 bits per heavy atom. The fourth-order valence-corrected chi connectivity index (χ4v) is 4.12. The lowest BCUT2D eigenvalue weighted by Crippen LogP contribution is -2.52. The van der Waals surface area contributed by atoms with Gasteiger partial charge in [-0.05, 0) is 77.7 Å². The monoisotopic (exact) mass is 295 g/mol. The molecule has 0 spiro atoms. The Morgan fingerprint density at radius 2 is 1.62 bits per heavy atom. The van der Waals surface area contributed by atoms with E-state index in [2.05, 4.69) is 22.2 Å². The third-order valence-corrected chi connectivity index (χ3v) is 5.84. The van der Waals surface area contributed by atoms with Crippen LogP contribution in [0.2, 0.25) is 0 Å². The van der Waals surface area contributed by atoms with Crippen LogP contribution in [0.1, 0.15) is 38.5 Å². The molecule has 2 heterocycles. The molecule has 1 aliphatic carbocycles. The van der Waals surface area contributed by atoms with Crippen molar-refractivity contribution in [3.8, 4) is 0 Å². The van der Waals surface area contributed by atoms with Crippen LogP contribution in [0.25, 0.3) is 0 Å². The molecule has 0 radical (unpaired) electrons. The summed E-state index contributed by atoms with van der Waals surface area (Å²) in [6.45, 7) is 6.53. The van der Waals surface area contributed by atoms with Crippen LogP contribution in [0.3, 0.4) is 0 Å². The zero-order chi connectivity index (χ0) is 14.7. The third kappa shape index (κ3) is 4.41. The van der Waals surface area contributed by atoms with Crippen molar-refractivity contribution in [1.82, 2.24) is 15.1 Å². The van der Waals surface area contributed by atoms with Crippen molar-refractivity contribution in [2.45, 2.75) is 56.7 Å². The van der Waals surface area contributed by atoms with Gasteiger partial charge in [-0.25, -0.2) is 0 Å². The summed E-state index contributed by atoms with van der Waals surface area (Å²) >= 11 is 0. The van der Waals surface area contributed by atoms with Gasteiger partial charge >= 0.3 is 0 Å². The van der Waals surface area contributed by atoms with Crippen molar-refractivity contribution in [3.05, 3.63) is 0 Å². The van der Waals surface area contributed by atoms with Crippen molar-refractivity contribution in [2.24, 2.45) is 5.92 Å². The molecule has 2 saturated heterocycles. The van der Waals surface area contributed by atoms with Crippen LogP contribution in [0.5, 0.6) is 0 Å². The minimum Gasteiger partial charge on any atom is -0.381 e. The Labute approximate surface area is 130 Å². The normalized spacial score (nSPS) is 34.0. The van der Waals surface area contributed by atoms with Gasteiger partial charge in [0.2, 0.25) is 0 Å². The second-order valence-electron chi connectivity index (χ2n) is 7.51. The summed E-state index contributed by atoms with van der Waals surface area (Å²) < 4.78 is 5.36. The summed E-state index contributed by atoms with van der Waals surface area (Å²) in [6, 6.07) is 1.47. The summed E-state index contributed by atoms with van der Waals surface area (Å²) in [5.74, 6) is 0.944. The van der Waals surface area contributed by atoms with Gasteiger partial charge in [-0.1, -0.05) is 0 Å². The van der Waals surface area contributed by atoms with Crippen molar-refractivity contribution < 1.29 is 4.74 Å². The Morgan fingerprint density at radius 3 is 2.24 bits per heavy atom. The number of methoxy groups -OCH3 is 1. The van der Waals surface area contributed by atoms with Gasteiger partial charge in [0.15, 0.2) is 0 Å². The van der Waals surface area contributed by atoms with Crippen LogP contribution >= 0.6 is 0 Å². The van der Waals surface area contributed by atoms with Crippen molar-refractivity contribution >= 4 is 0 Å². The predicted molar refractivity (Wildman–Crippen MR) is 86.6 cm³/mol. The maximum Gasteiger partial charge on any atom is 0.0601 e. The molecule has 1 N–H and O–H groups in total. The molecule has 0 aromatic heterocycles. The highest BCUT2D eigenvalue weighted by molar-refractivity contribution is 4.90. The summed E-state index contributed by atoms with van der Waals surface area (Å²) in [7, 11) is 4.09.